The molecule has 0 spiro atoms. The first kappa shape index (κ1) is 14.2. The molecule has 0 radical (unpaired) electrons. The molecule has 0 aliphatic carbocycles. The summed E-state index contributed by atoms with van der Waals surface area (Å²) < 4.78 is 13.7. The number of fused-ring (bicyclic) bond motifs is 1. The Morgan fingerprint density at radius 3 is 2.48 bits per heavy atom. The van der Waals surface area contributed by atoms with Crippen LogP contribution in [-0.4, -0.2) is 9.97 Å². The molecule has 0 N–H and O–H groups in total. The quantitative estimate of drug-likeness (QED) is 0.564. The molecule has 2 nitrogen and oxygen atoms in total. The highest BCUT2D eigenvalue weighted by atomic mass is 35.5. The first-order valence-corrected chi connectivity index (χ1v) is 7.11. The van der Waals surface area contributed by atoms with Crippen molar-refractivity contribution in [2.75, 3.05) is 0 Å². The molecular weight excluding hydrogens is 310 g/mol. The first-order valence-electron chi connectivity index (χ1n) is 6.35. The van der Waals surface area contributed by atoms with Crippen molar-refractivity contribution in [3.63, 3.8) is 0 Å². The molecule has 0 unspecified atom stereocenters. The van der Waals surface area contributed by atoms with Gasteiger partial charge in [0.1, 0.15) is 11.0 Å². The molecule has 106 valence electrons. The van der Waals surface area contributed by atoms with E-state index in [1.807, 2.05) is 13.0 Å². The van der Waals surface area contributed by atoms with E-state index in [-0.39, 0.29) is 5.82 Å². The van der Waals surface area contributed by atoms with Crippen LogP contribution < -0.4 is 0 Å². The molecule has 0 saturated carbocycles. The van der Waals surface area contributed by atoms with Crippen LogP contribution in [0.4, 0.5) is 4.39 Å². The van der Waals surface area contributed by atoms with Gasteiger partial charge < -0.3 is 0 Å². The zero-order chi connectivity index (χ0) is 15.1. The number of halogens is 3. The fourth-order valence-corrected chi connectivity index (χ4v) is 2.58. The van der Waals surface area contributed by atoms with Gasteiger partial charge in [-0.1, -0.05) is 29.3 Å². The van der Waals surface area contributed by atoms with E-state index in [4.69, 9.17) is 23.2 Å². The van der Waals surface area contributed by atoms with Gasteiger partial charge in [0.15, 0.2) is 5.82 Å². The average molecular weight is 321 g/mol. The third-order valence-electron chi connectivity index (χ3n) is 3.37. The van der Waals surface area contributed by atoms with E-state index in [1.54, 1.807) is 25.1 Å². The molecule has 0 aliphatic rings. The average Bonchev–Trinajstić information content (AvgIpc) is 2.43. The first-order chi connectivity index (χ1) is 9.95. The summed E-state index contributed by atoms with van der Waals surface area (Å²) in [6.07, 6.45) is 0. The number of hydrogen-bond donors (Lipinski definition) is 0. The molecule has 3 rings (SSSR count). The predicted molar refractivity (Wildman–Crippen MR) is 84.4 cm³/mol. The Bertz CT molecular complexity index is 863. The normalized spacial score (nSPS) is 11.1. The molecule has 0 aliphatic heterocycles. The number of hydrogen-bond acceptors (Lipinski definition) is 2. The zero-order valence-electron chi connectivity index (χ0n) is 11.4. The van der Waals surface area contributed by atoms with Crippen molar-refractivity contribution in [1.29, 1.82) is 0 Å². The zero-order valence-corrected chi connectivity index (χ0v) is 12.9. The molecule has 1 heterocycles. The topological polar surface area (TPSA) is 25.8 Å². The molecule has 0 atom stereocenters. The molecule has 2 aromatic carbocycles. The smallest absolute Gasteiger partial charge is 0.161 e. The van der Waals surface area contributed by atoms with Crippen LogP contribution in [0.25, 0.3) is 22.3 Å². The number of aryl methyl sites for hydroxylation is 2. The Morgan fingerprint density at radius 2 is 1.71 bits per heavy atom. The van der Waals surface area contributed by atoms with Gasteiger partial charge in [0, 0.05) is 22.0 Å². The van der Waals surface area contributed by atoms with E-state index < -0.39 is 0 Å². The molecule has 0 fully saturated rings. The molecule has 0 saturated heterocycles. The summed E-state index contributed by atoms with van der Waals surface area (Å²) in [4.78, 5) is 8.73. The SMILES string of the molecule is Cc1cc2c(Cl)nc(-c3cc(Cl)ccc3C)nc2cc1F. The molecule has 0 amide bonds. The molecule has 0 bridgehead atoms. The minimum atomic E-state index is -0.314. The van der Waals surface area contributed by atoms with Crippen LogP contribution in [0.1, 0.15) is 11.1 Å². The van der Waals surface area contributed by atoms with Crippen molar-refractivity contribution < 1.29 is 4.39 Å². The summed E-state index contributed by atoms with van der Waals surface area (Å²) in [7, 11) is 0. The van der Waals surface area contributed by atoms with Gasteiger partial charge >= 0.3 is 0 Å². The monoisotopic (exact) mass is 320 g/mol. The van der Waals surface area contributed by atoms with Gasteiger partial charge in [-0.25, -0.2) is 14.4 Å². The summed E-state index contributed by atoms with van der Waals surface area (Å²) in [5, 5.41) is 1.53. The summed E-state index contributed by atoms with van der Waals surface area (Å²) in [5.74, 6) is 0.127. The molecular formula is C16H11Cl2FN2. The van der Waals surface area contributed by atoms with E-state index in [1.165, 1.54) is 6.07 Å². The van der Waals surface area contributed by atoms with Crippen molar-refractivity contribution in [2.24, 2.45) is 0 Å². The second-order valence-electron chi connectivity index (χ2n) is 4.92. The third-order valence-corrected chi connectivity index (χ3v) is 3.89. The van der Waals surface area contributed by atoms with Gasteiger partial charge in [0.25, 0.3) is 0 Å². The number of aromatic nitrogens is 2. The lowest BCUT2D eigenvalue weighted by atomic mass is 10.1. The van der Waals surface area contributed by atoms with Gasteiger partial charge in [-0.2, -0.15) is 0 Å². The van der Waals surface area contributed by atoms with Crippen LogP contribution in [0.15, 0.2) is 30.3 Å². The van der Waals surface area contributed by atoms with E-state index in [0.717, 1.165) is 11.1 Å². The van der Waals surface area contributed by atoms with Gasteiger partial charge in [0.05, 0.1) is 5.52 Å². The van der Waals surface area contributed by atoms with Crippen LogP contribution in [0, 0.1) is 19.7 Å². The van der Waals surface area contributed by atoms with E-state index >= 15 is 0 Å². The second-order valence-corrected chi connectivity index (χ2v) is 5.71. The highest BCUT2D eigenvalue weighted by molar-refractivity contribution is 6.34. The maximum atomic E-state index is 13.7. The Hall–Kier alpha value is -1.71. The van der Waals surface area contributed by atoms with Gasteiger partial charge in [-0.05, 0) is 43.2 Å². The molecule has 21 heavy (non-hydrogen) atoms. The van der Waals surface area contributed by atoms with Crippen LogP contribution in [0.3, 0.4) is 0 Å². The number of benzene rings is 2. The van der Waals surface area contributed by atoms with Crippen LogP contribution in [0.2, 0.25) is 10.2 Å². The van der Waals surface area contributed by atoms with E-state index in [2.05, 4.69) is 9.97 Å². The molecule has 3 aromatic rings. The lowest BCUT2D eigenvalue weighted by Crippen LogP contribution is -1.95. The molecule has 1 aromatic heterocycles. The van der Waals surface area contributed by atoms with Crippen molar-refractivity contribution in [3.05, 3.63) is 57.5 Å². The summed E-state index contributed by atoms with van der Waals surface area (Å²) >= 11 is 12.2. The summed E-state index contributed by atoms with van der Waals surface area (Å²) in [6.45, 7) is 3.61. The van der Waals surface area contributed by atoms with E-state index in [9.17, 15) is 4.39 Å². The highest BCUT2D eigenvalue weighted by Gasteiger charge is 2.12. The minimum Gasteiger partial charge on any atom is -0.228 e. The lowest BCUT2D eigenvalue weighted by Gasteiger charge is -2.08. The summed E-state index contributed by atoms with van der Waals surface area (Å²) in [5.41, 5.74) is 2.75. The van der Waals surface area contributed by atoms with Crippen LogP contribution in [0.5, 0.6) is 0 Å². The van der Waals surface area contributed by atoms with Crippen LogP contribution >= 0.6 is 23.2 Å². The fraction of sp³-hybridized carbons (Fsp3) is 0.125. The second kappa shape index (κ2) is 5.24. The van der Waals surface area contributed by atoms with Crippen molar-refractivity contribution >= 4 is 34.1 Å². The Morgan fingerprint density at radius 1 is 0.952 bits per heavy atom. The van der Waals surface area contributed by atoms with Crippen molar-refractivity contribution in [2.45, 2.75) is 13.8 Å². The van der Waals surface area contributed by atoms with Crippen molar-refractivity contribution in [1.82, 2.24) is 9.97 Å². The highest BCUT2D eigenvalue weighted by Crippen LogP contribution is 2.29. The largest absolute Gasteiger partial charge is 0.228 e. The van der Waals surface area contributed by atoms with Crippen LogP contribution in [-0.2, 0) is 0 Å². The van der Waals surface area contributed by atoms with Gasteiger partial charge in [-0.15, -0.1) is 0 Å². The molecule has 5 heteroatoms. The number of rotatable bonds is 1. The Labute approximate surface area is 131 Å². The lowest BCUT2D eigenvalue weighted by molar-refractivity contribution is 0.620. The standard InChI is InChI=1S/C16H11Cl2FN2/c1-8-3-4-10(17)6-11(8)16-20-14-7-13(19)9(2)5-12(14)15(18)21-16/h3-7H,1-2H3. The van der Waals surface area contributed by atoms with Gasteiger partial charge in [-0.3, -0.25) is 0 Å². The third kappa shape index (κ3) is 2.59. The summed E-state index contributed by atoms with van der Waals surface area (Å²) in [6, 6.07) is 8.49. The Balaban J connectivity index is 2.30. The maximum Gasteiger partial charge on any atom is 0.161 e. The maximum absolute atomic E-state index is 13.7. The van der Waals surface area contributed by atoms with Crippen molar-refractivity contribution in [3.8, 4) is 11.4 Å². The number of nitrogens with zero attached hydrogens (tertiary/aromatic N) is 2. The predicted octanol–water partition coefficient (Wildman–Crippen LogP) is 5.36. The van der Waals surface area contributed by atoms with E-state index in [0.29, 0.717) is 32.5 Å². The Kier molecular flexibility index (Phi) is 3.56. The van der Waals surface area contributed by atoms with Gasteiger partial charge in [0.2, 0.25) is 0 Å². The fourth-order valence-electron chi connectivity index (χ4n) is 2.18. The minimum absolute atomic E-state index is 0.303.